The topological polar surface area (TPSA) is 17.1 Å². The Hall–Kier alpha value is -0.890. The van der Waals surface area contributed by atoms with Gasteiger partial charge in [-0.3, -0.25) is 4.79 Å². The molecule has 0 aliphatic rings. The van der Waals surface area contributed by atoms with E-state index in [9.17, 15) is 4.79 Å². The van der Waals surface area contributed by atoms with Crippen molar-refractivity contribution in [3.63, 3.8) is 0 Å². The number of benzene rings is 1. The number of hydrogen-bond acceptors (Lipinski definition) is 1. The maximum Gasteiger partial charge on any atom is 0.177 e. The van der Waals surface area contributed by atoms with Gasteiger partial charge in [-0.15, -0.1) is 6.58 Å². The average molecular weight is 267 g/mol. The molecule has 0 bridgehead atoms. The van der Waals surface area contributed by atoms with Crippen molar-refractivity contribution in [3.8, 4) is 0 Å². The summed E-state index contributed by atoms with van der Waals surface area (Å²) in [5.41, 5.74) is 2.94. The molecule has 1 aromatic carbocycles. The Morgan fingerprint density at radius 3 is 2.80 bits per heavy atom. The molecule has 0 N–H and O–H groups in total. The van der Waals surface area contributed by atoms with Crippen LogP contribution in [0.4, 0.5) is 0 Å². The molecule has 0 aromatic heterocycles. The number of rotatable bonds is 4. The minimum Gasteiger partial charge on any atom is -0.293 e. The molecule has 0 heterocycles. The van der Waals surface area contributed by atoms with Crippen LogP contribution in [0.15, 0.2) is 30.9 Å². The lowest BCUT2D eigenvalue weighted by Gasteiger charge is -2.09. The predicted octanol–water partition coefficient (Wildman–Crippen LogP) is 3.83. The molecule has 1 atom stereocenters. The third kappa shape index (κ3) is 3.03. The molecular formula is C13H15BrO. The standard InChI is InChI=1S/C13H15BrO/c1-4-5-12(14)13(15)11-8-9(2)6-7-10(11)3/h4,6-8,12H,1,5H2,2-3H3. The first kappa shape index (κ1) is 12.2. The van der Waals surface area contributed by atoms with E-state index < -0.39 is 0 Å². The fourth-order valence-electron chi connectivity index (χ4n) is 1.42. The van der Waals surface area contributed by atoms with E-state index in [0.717, 1.165) is 16.7 Å². The molecule has 80 valence electrons. The Labute approximate surface area is 99.3 Å². The summed E-state index contributed by atoms with van der Waals surface area (Å²) in [5.74, 6) is 0.135. The van der Waals surface area contributed by atoms with Gasteiger partial charge in [-0.1, -0.05) is 39.7 Å². The van der Waals surface area contributed by atoms with Crippen LogP contribution in [0.25, 0.3) is 0 Å². The third-order valence-electron chi connectivity index (χ3n) is 2.32. The summed E-state index contributed by atoms with van der Waals surface area (Å²) in [6, 6.07) is 5.94. The first-order valence-electron chi connectivity index (χ1n) is 4.92. The van der Waals surface area contributed by atoms with Gasteiger partial charge in [0.1, 0.15) is 0 Å². The number of allylic oxidation sites excluding steroid dienone is 1. The lowest BCUT2D eigenvalue weighted by molar-refractivity contribution is 0.0991. The number of Topliss-reactive ketones (excluding diaryl/α,β-unsaturated/α-hetero) is 1. The SMILES string of the molecule is C=CCC(Br)C(=O)c1cc(C)ccc1C. The summed E-state index contributed by atoms with van der Waals surface area (Å²) in [7, 11) is 0. The highest BCUT2D eigenvalue weighted by Crippen LogP contribution is 2.18. The molecule has 0 aliphatic heterocycles. The van der Waals surface area contributed by atoms with Gasteiger partial charge in [-0.05, 0) is 31.9 Å². The Bertz CT molecular complexity index is 382. The molecule has 15 heavy (non-hydrogen) atoms. The van der Waals surface area contributed by atoms with E-state index in [1.54, 1.807) is 6.08 Å². The molecule has 0 fully saturated rings. The Kier molecular flexibility index (Phi) is 4.28. The number of ketones is 1. The Balaban J connectivity index is 2.99. The van der Waals surface area contributed by atoms with Crippen LogP contribution in [0.5, 0.6) is 0 Å². The second-order valence-corrected chi connectivity index (χ2v) is 4.78. The summed E-state index contributed by atoms with van der Waals surface area (Å²) in [6.07, 6.45) is 2.41. The van der Waals surface area contributed by atoms with E-state index in [-0.39, 0.29) is 10.6 Å². The molecule has 1 unspecified atom stereocenters. The molecular weight excluding hydrogens is 252 g/mol. The number of aryl methyl sites for hydroxylation is 2. The van der Waals surface area contributed by atoms with Crippen molar-refractivity contribution in [3.05, 3.63) is 47.5 Å². The summed E-state index contributed by atoms with van der Waals surface area (Å²) in [6.45, 7) is 7.59. The maximum atomic E-state index is 12.0. The Morgan fingerprint density at radius 1 is 1.53 bits per heavy atom. The fourth-order valence-corrected chi connectivity index (χ4v) is 1.93. The summed E-state index contributed by atoms with van der Waals surface area (Å²) in [5, 5.41) is 0. The van der Waals surface area contributed by atoms with Crippen LogP contribution in [0.1, 0.15) is 27.9 Å². The van der Waals surface area contributed by atoms with E-state index >= 15 is 0 Å². The van der Waals surface area contributed by atoms with Crippen molar-refractivity contribution in [2.24, 2.45) is 0 Å². The lowest BCUT2D eigenvalue weighted by atomic mass is 9.99. The van der Waals surface area contributed by atoms with Crippen LogP contribution < -0.4 is 0 Å². The van der Waals surface area contributed by atoms with Gasteiger partial charge < -0.3 is 0 Å². The van der Waals surface area contributed by atoms with Crippen molar-refractivity contribution in [1.29, 1.82) is 0 Å². The normalized spacial score (nSPS) is 12.2. The van der Waals surface area contributed by atoms with Gasteiger partial charge in [0.25, 0.3) is 0 Å². The largest absolute Gasteiger partial charge is 0.293 e. The van der Waals surface area contributed by atoms with E-state index in [2.05, 4.69) is 22.5 Å². The molecule has 0 spiro atoms. The molecule has 0 aliphatic carbocycles. The molecule has 0 amide bonds. The highest BCUT2D eigenvalue weighted by atomic mass is 79.9. The van der Waals surface area contributed by atoms with Crippen LogP contribution in [0.2, 0.25) is 0 Å². The zero-order chi connectivity index (χ0) is 11.4. The van der Waals surface area contributed by atoms with Crippen molar-refractivity contribution >= 4 is 21.7 Å². The smallest absolute Gasteiger partial charge is 0.177 e. The van der Waals surface area contributed by atoms with Crippen LogP contribution in [0, 0.1) is 13.8 Å². The number of carbonyl (C=O) groups excluding carboxylic acids is 1. The van der Waals surface area contributed by atoms with Crippen molar-refractivity contribution in [1.82, 2.24) is 0 Å². The van der Waals surface area contributed by atoms with Crippen LogP contribution in [0.3, 0.4) is 0 Å². The number of alkyl halides is 1. The number of carbonyl (C=O) groups is 1. The number of halogens is 1. The Morgan fingerprint density at radius 2 is 2.20 bits per heavy atom. The predicted molar refractivity (Wildman–Crippen MR) is 67.8 cm³/mol. The highest BCUT2D eigenvalue weighted by molar-refractivity contribution is 9.10. The van der Waals surface area contributed by atoms with Gasteiger partial charge in [0.15, 0.2) is 5.78 Å². The molecule has 2 heteroatoms. The van der Waals surface area contributed by atoms with E-state index in [4.69, 9.17) is 0 Å². The quantitative estimate of drug-likeness (QED) is 0.460. The van der Waals surface area contributed by atoms with Crippen LogP contribution >= 0.6 is 15.9 Å². The van der Waals surface area contributed by atoms with E-state index in [1.807, 2.05) is 32.0 Å². The highest BCUT2D eigenvalue weighted by Gasteiger charge is 2.17. The van der Waals surface area contributed by atoms with Crippen molar-refractivity contribution < 1.29 is 4.79 Å². The van der Waals surface area contributed by atoms with Gasteiger partial charge in [-0.25, -0.2) is 0 Å². The van der Waals surface area contributed by atoms with Crippen molar-refractivity contribution in [2.75, 3.05) is 0 Å². The van der Waals surface area contributed by atoms with Crippen LogP contribution in [-0.4, -0.2) is 10.6 Å². The molecule has 1 aromatic rings. The maximum absolute atomic E-state index is 12.0. The second-order valence-electron chi connectivity index (χ2n) is 3.67. The summed E-state index contributed by atoms with van der Waals surface area (Å²) in [4.78, 5) is 11.9. The van der Waals surface area contributed by atoms with Gasteiger partial charge in [0.2, 0.25) is 0 Å². The van der Waals surface area contributed by atoms with Gasteiger partial charge >= 0.3 is 0 Å². The lowest BCUT2D eigenvalue weighted by Crippen LogP contribution is -2.14. The summed E-state index contributed by atoms with van der Waals surface area (Å²) < 4.78 is 0. The minimum atomic E-state index is -0.157. The minimum absolute atomic E-state index is 0.135. The molecule has 0 radical (unpaired) electrons. The first-order chi connectivity index (χ1) is 7.06. The first-order valence-corrected chi connectivity index (χ1v) is 5.84. The second kappa shape index (κ2) is 5.26. The summed E-state index contributed by atoms with van der Waals surface area (Å²) >= 11 is 3.38. The van der Waals surface area contributed by atoms with Crippen molar-refractivity contribution in [2.45, 2.75) is 25.1 Å². The van der Waals surface area contributed by atoms with Gasteiger partial charge in [0, 0.05) is 5.56 Å². The average Bonchev–Trinajstić information content (AvgIpc) is 2.21. The fraction of sp³-hybridized carbons (Fsp3) is 0.308. The van der Waals surface area contributed by atoms with Gasteiger partial charge in [0.05, 0.1) is 4.83 Å². The number of hydrogen-bond donors (Lipinski definition) is 0. The molecule has 1 nitrogen and oxygen atoms in total. The van der Waals surface area contributed by atoms with E-state index in [1.165, 1.54) is 0 Å². The van der Waals surface area contributed by atoms with Crippen LogP contribution in [-0.2, 0) is 0 Å². The molecule has 0 saturated heterocycles. The third-order valence-corrected chi connectivity index (χ3v) is 3.11. The van der Waals surface area contributed by atoms with Gasteiger partial charge in [-0.2, -0.15) is 0 Å². The zero-order valence-electron chi connectivity index (χ0n) is 9.09. The molecule has 0 saturated carbocycles. The monoisotopic (exact) mass is 266 g/mol. The molecule has 1 rings (SSSR count). The van der Waals surface area contributed by atoms with E-state index in [0.29, 0.717) is 6.42 Å². The zero-order valence-corrected chi connectivity index (χ0v) is 10.7.